The molecule has 2 fully saturated rings. The fraction of sp³-hybridized carbons (Fsp3) is 0.296. The second-order valence-electron chi connectivity index (χ2n) is 9.19. The predicted octanol–water partition coefficient (Wildman–Crippen LogP) is 3.98. The van der Waals surface area contributed by atoms with E-state index in [1.165, 1.54) is 28.4 Å². The number of amides is 3. The zero-order valence-electron chi connectivity index (χ0n) is 20.3. The summed E-state index contributed by atoms with van der Waals surface area (Å²) in [7, 11) is 2.00. The van der Waals surface area contributed by atoms with E-state index in [0.717, 1.165) is 13.1 Å². The molecule has 0 bridgehead atoms. The number of cyclic esters (lactones) is 1. The van der Waals surface area contributed by atoms with Gasteiger partial charge in [0.1, 0.15) is 5.82 Å². The van der Waals surface area contributed by atoms with Crippen molar-refractivity contribution in [3.63, 3.8) is 0 Å². The van der Waals surface area contributed by atoms with Crippen LogP contribution in [0.3, 0.4) is 0 Å². The smallest absolute Gasteiger partial charge is 0.411 e. The van der Waals surface area contributed by atoms with Crippen LogP contribution in [0.15, 0.2) is 66.0 Å². The van der Waals surface area contributed by atoms with Crippen molar-refractivity contribution < 1.29 is 23.5 Å². The molecule has 8 nitrogen and oxygen atoms in total. The first-order valence-corrected chi connectivity index (χ1v) is 12.9. The molecular weight excluding hydrogens is 495 g/mol. The Hall–Kier alpha value is -3.76. The van der Waals surface area contributed by atoms with E-state index in [1.807, 2.05) is 18.5 Å². The van der Waals surface area contributed by atoms with Crippen LogP contribution in [-0.4, -0.2) is 71.9 Å². The number of thiophene rings is 1. The fourth-order valence-electron chi connectivity index (χ4n) is 4.60. The van der Waals surface area contributed by atoms with E-state index >= 15 is 0 Å². The lowest BCUT2D eigenvalue weighted by molar-refractivity contribution is -0.138. The monoisotopic (exact) mass is 522 g/mol. The highest BCUT2D eigenvalue weighted by Gasteiger charge is 2.48. The molecule has 0 unspecified atom stereocenters. The molecule has 2 saturated heterocycles. The highest BCUT2D eigenvalue weighted by Crippen LogP contribution is 2.35. The number of anilines is 1. The third-order valence-electron chi connectivity index (χ3n) is 6.64. The maximum Gasteiger partial charge on any atom is 0.411 e. The number of hydrogen-bond donors (Lipinski definition) is 1. The van der Waals surface area contributed by atoms with Gasteiger partial charge in [0.15, 0.2) is 12.1 Å². The lowest BCUT2D eigenvalue weighted by Crippen LogP contribution is -2.54. The van der Waals surface area contributed by atoms with Gasteiger partial charge in [-0.1, -0.05) is 30.3 Å². The molecule has 2 aliphatic heterocycles. The Bertz CT molecular complexity index is 1280. The molecule has 3 heterocycles. The Balaban J connectivity index is 1.39. The van der Waals surface area contributed by atoms with Crippen LogP contribution in [0.5, 0.6) is 0 Å². The number of ether oxygens (including phenoxy) is 1. The molecule has 37 heavy (non-hydrogen) atoms. The average molecular weight is 523 g/mol. The molecule has 0 saturated carbocycles. The Morgan fingerprint density at radius 3 is 2.49 bits per heavy atom. The third-order valence-corrected chi connectivity index (χ3v) is 7.51. The fourth-order valence-corrected chi connectivity index (χ4v) is 5.22. The van der Waals surface area contributed by atoms with Gasteiger partial charge in [0.2, 0.25) is 5.91 Å². The van der Waals surface area contributed by atoms with Gasteiger partial charge >= 0.3 is 6.09 Å². The molecule has 2 atom stereocenters. The van der Waals surface area contributed by atoms with Crippen LogP contribution in [0.2, 0.25) is 0 Å². The molecule has 192 valence electrons. The van der Waals surface area contributed by atoms with Crippen molar-refractivity contribution in [2.24, 2.45) is 0 Å². The van der Waals surface area contributed by atoms with Crippen molar-refractivity contribution >= 4 is 34.9 Å². The number of benzene rings is 2. The van der Waals surface area contributed by atoms with E-state index in [1.54, 1.807) is 47.4 Å². The zero-order valence-corrected chi connectivity index (χ0v) is 21.1. The first-order chi connectivity index (χ1) is 17.9. The van der Waals surface area contributed by atoms with Crippen LogP contribution < -0.4 is 5.32 Å². The van der Waals surface area contributed by atoms with E-state index in [2.05, 4.69) is 10.2 Å². The van der Waals surface area contributed by atoms with Crippen molar-refractivity contribution in [1.29, 1.82) is 0 Å². The zero-order chi connectivity index (χ0) is 25.9. The van der Waals surface area contributed by atoms with Crippen LogP contribution in [0.25, 0.3) is 0 Å². The van der Waals surface area contributed by atoms with Gasteiger partial charge in [-0.25, -0.2) is 9.18 Å². The van der Waals surface area contributed by atoms with Crippen molar-refractivity contribution in [3.05, 3.63) is 87.9 Å². The van der Waals surface area contributed by atoms with Gasteiger partial charge in [0, 0.05) is 31.9 Å². The number of hydrogen-bond acceptors (Lipinski definition) is 6. The van der Waals surface area contributed by atoms with Gasteiger partial charge in [-0.15, -0.1) is 11.3 Å². The van der Waals surface area contributed by atoms with Crippen LogP contribution in [0.4, 0.5) is 14.9 Å². The molecule has 1 aromatic heterocycles. The molecule has 5 rings (SSSR count). The summed E-state index contributed by atoms with van der Waals surface area (Å²) in [6, 6.07) is 15.6. The van der Waals surface area contributed by atoms with Crippen LogP contribution in [-0.2, 0) is 16.1 Å². The molecule has 0 radical (unpaired) electrons. The normalized spacial score (nSPS) is 20.1. The molecular formula is C27H27FN4O4S. The number of nitrogens with zero attached hydrogens (tertiary/aromatic N) is 3. The van der Waals surface area contributed by atoms with Gasteiger partial charge in [-0.3, -0.25) is 14.5 Å². The Labute approximate surface area is 218 Å². The van der Waals surface area contributed by atoms with Gasteiger partial charge in [-0.2, -0.15) is 0 Å². The summed E-state index contributed by atoms with van der Waals surface area (Å²) in [4.78, 5) is 45.0. The number of rotatable bonds is 6. The Morgan fingerprint density at radius 2 is 1.81 bits per heavy atom. The van der Waals surface area contributed by atoms with Gasteiger partial charge in [0.05, 0.1) is 11.4 Å². The number of likely N-dealkylation sites (N-methyl/N-ethyl adjacent to an activating group) is 1. The number of carbonyl (C=O) groups excluding carboxylic acids is 3. The molecule has 2 aromatic carbocycles. The highest BCUT2D eigenvalue weighted by atomic mass is 32.1. The van der Waals surface area contributed by atoms with E-state index in [0.29, 0.717) is 34.8 Å². The van der Waals surface area contributed by atoms with Crippen LogP contribution in [0, 0.1) is 5.82 Å². The van der Waals surface area contributed by atoms with E-state index < -0.39 is 24.1 Å². The summed E-state index contributed by atoms with van der Waals surface area (Å²) in [6.07, 6.45) is -1.47. The minimum atomic E-state index is -0.897. The summed E-state index contributed by atoms with van der Waals surface area (Å²) >= 11 is 1.35. The molecule has 10 heteroatoms. The maximum atomic E-state index is 13.8. The lowest BCUT2D eigenvalue weighted by atomic mass is 9.99. The lowest BCUT2D eigenvalue weighted by Gasteiger charge is -2.36. The number of carbonyl (C=O) groups is 3. The van der Waals surface area contributed by atoms with Crippen LogP contribution >= 0.6 is 11.3 Å². The van der Waals surface area contributed by atoms with Gasteiger partial charge in [-0.05, 0) is 53.9 Å². The number of piperazine rings is 1. The standard InChI is InChI=1S/C27H27FN4O4S/c1-30-11-13-31(14-12-30)26(34)23-24(36-27(35)32(23)17-18-4-2-5-20(28)16-18)19-7-9-21(10-8-19)29-25(33)22-6-3-15-37-22/h2-10,15-16,23-24H,11-14,17H2,1H3,(H,29,33)/t23-,24-/m1/s1. The Morgan fingerprint density at radius 1 is 1.05 bits per heavy atom. The molecule has 3 amide bonds. The van der Waals surface area contributed by atoms with E-state index in [9.17, 15) is 18.8 Å². The predicted molar refractivity (Wildman–Crippen MR) is 138 cm³/mol. The quantitative estimate of drug-likeness (QED) is 0.530. The van der Waals surface area contributed by atoms with Crippen molar-refractivity contribution in [3.8, 4) is 0 Å². The second kappa shape index (κ2) is 10.7. The van der Waals surface area contributed by atoms with Gasteiger partial charge < -0.3 is 19.9 Å². The average Bonchev–Trinajstić information content (AvgIpc) is 3.54. The topological polar surface area (TPSA) is 82.2 Å². The SMILES string of the molecule is CN1CCN(C(=O)[C@H]2[C@@H](c3ccc(NC(=O)c4cccs4)cc3)OC(=O)N2Cc2cccc(F)c2)CC1. The summed E-state index contributed by atoms with van der Waals surface area (Å²) < 4.78 is 19.6. The molecule has 2 aliphatic rings. The third kappa shape index (κ3) is 5.50. The largest absolute Gasteiger partial charge is 0.438 e. The minimum absolute atomic E-state index is 0.0478. The summed E-state index contributed by atoms with van der Waals surface area (Å²) in [5, 5.41) is 4.68. The first kappa shape index (κ1) is 24.9. The summed E-state index contributed by atoms with van der Waals surface area (Å²) in [6.45, 7) is 2.62. The summed E-state index contributed by atoms with van der Waals surface area (Å²) in [5.41, 5.74) is 1.79. The highest BCUT2D eigenvalue weighted by molar-refractivity contribution is 7.12. The van der Waals surface area contributed by atoms with Crippen LogP contribution in [0.1, 0.15) is 26.9 Å². The van der Waals surface area contributed by atoms with E-state index in [-0.39, 0.29) is 18.4 Å². The summed E-state index contributed by atoms with van der Waals surface area (Å²) in [5.74, 6) is -0.821. The first-order valence-electron chi connectivity index (χ1n) is 12.0. The van der Waals surface area contributed by atoms with E-state index in [4.69, 9.17) is 4.74 Å². The van der Waals surface area contributed by atoms with Crippen molar-refractivity contribution in [2.75, 3.05) is 38.5 Å². The van der Waals surface area contributed by atoms with Crippen molar-refractivity contribution in [2.45, 2.75) is 18.7 Å². The number of nitrogens with one attached hydrogen (secondary N) is 1. The molecule has 0 spiro atoms. The minimum Gasteiger partial charge on any atom is -0.438 e. The number of halogens is 1. The maximum absolute atomic E-state index is 13.8. The molecule has 0 aliphatic carbocycles. The molecule has 1 N–H and O–H groups in total. The van der Waals surface area contributed by atoms with Gasteiger partial charge in [0.25, 0.3) is 5.91 Å². The van der Waals surface area contributed by atoms with Crippen molar-refractivity contribution in [1.82, 2.24) is 14.7 Å². The molecule has 3 aromatic rings. The Kier molecular flexibility index (Phi) is 7.20. The second-order valence-corrected chi connectivity index (χ2v) is 10.1.